The fourth-order valence-electron chi connectivity index (χ4n) is 2.29. The van der Waals surface area contributed by atoms with Gasteiger partial charge in [-0.1, -0.05) is 40.9 Å². The average molecular weight is 292 g/mol. The zero-order valence-corrected chi connectivity index (χ0v) is 11.0. The Kier molecular flexibility index (Phi) is 3.59. The van der Waals surface area contributed by atoms with Crippen LogP contribution >= 0.6 is 0 Å². The van der Waals surface area contributed by atoms with E-state index in [2.05, 4.69) is 5.53 Å². The lowest BCUT2D eigenvalue weighted by molar-refractivity contribution is 0.191. The number of alkyl halides is 1. The lowest BCUT2D eigenvalue weighted by atomic mass is 10.1. The van der Waals surface area contributed by atoms with Gasteiger partial charge in [0.25, 0.3) is 0 Å². The van der Waals surface area contributed by atoms with E-state index < -0.39 is 13.0 Å². The number of halogens is 2. The third-order valence-corrected chi connectivity index (χ3v) is 3.26. The molecule has 0 spiro atoms. The highest BCUT2D eigenvalue weighted by Crippen LogP contribution is 2.43. The Bertz CT molecular complexity index is 626. The molecule has 1 heterocycles. The van der Waals surface area contributed by atoms with Crippen molar-refractivity contribution in [1.29, 1.82) is 0 Å². The van der Waals surface area contributed by atoms with Crippen LogP contribution in [0.2, 0.25) is 0 Å². The Labute approximate surface area is 120 Å². The molecule has 2 aromatic carbocycles. The Hall–Kier alpha value is -2.38. The van der Waals surface area contributed by atoms with E-state index in [4.69, 9.17) is 10.5 Å². The maximum Gasteiger partial charge on any atom is 0.228 e. The van der Waals surface area contributed by atoms with E-state index >= 15 is 0 Å². The van der Waals surface area contributed by atoms with Gasteiger partial charge in [0, 0.05) is 0 Å². The molecule has 3 N–H and O–H groups in total. The lowest BCUT2D eigenvalue weighted by Gasteiger charge is -2.25. The first-order chi connectivity index (χ1) is 10.2. The van der Waals surface area contributed by atoms with Crippen LogP contribution in [0.5, 0.6) is 5.75 Å². The van der Waals surface area contributed by atoms with Crippen LogP contribution in [0.15, 0.2) is 48.5 Å². The van der Waals surface area contributed by atoms with Gasteiger partial charge in [-0.25, -0.2) is 4.39 Å². The van der Waals surface area contributed by atoms with Crippen LogP contribution < -0.4 is 26.2 Å². The molecular weight excluding hydrogens is 278 g/mol. The summed E-state index contributed by atoms with van der Waals surface area (Å²) in [7, 11) is 0. The molecule has 0 amide bonds. The van der Waals surface area contributed by atoms with Crippen LogP contribution in [0.3, 0.4) is 0 Å². The average Bonchev–Trinajstić information content (AvgIpc) is 2.86. The van der Waals surface area contributed by atoms with E-state index in [1.54, 1.807) is 12.1 Å². The molecule has 7 heteroatoms. The second-order valence-electron chi connectivity index (χ2n) is 4.48. The predicted octanol–water partition coefficient (Wildman–Crippen LogP) is 2.58. The predicted molar refractivity (Wildman–Crippen MR) is 75.6 cm³/mol. The van der Waals surface area contributed by atoms with Crippen molar-refractivity contribution in [1.82, 2.24) is 5.53 Å². The van der Waals surface area contributed by atoms with Crippen molar-refractivity contribution in [2.75, 3.05) is 17.1 Å². The second kappa shape index (κ2) is 5.55. The molecule has 1 aliphatic rings. The van der Waals surface area contributed by atoms with Crippen molar-refractivity contribution >= 4 is 11.4 Å². The number of nitrogens with zero attached hydrogens (tertiary/aromatic N) is 2. The minimum atomic E-state index is -1.03. The summed E-state index contributed by atoms with van der Waals surface area (Å²) in [5, 5.41) is 1.72. The third kappa shape index (κ3) is 2.37. The van der Waals surface area contributed by atoms with E-state index in [9.17, 15) is 8.87 Å². The van der Waals surface area contributed by atoms with Crippen LogP contribution in [0.4, 0.5) is 20.2 Å². The maximum absolute atomic E-state index is 14.0. The normalized spacial score (nSPS) is 15.0. The van der Waals surface area contributed by atoms with Crippen molar-refractivity contribution < 1.29 is 13.6 Å². The number of hydrazine groups is 2. The first-order valence-electron chi connectivity index (χ1n) is 6.36. The number of nitrogens with one attached hydrogen (secondary N) is 1. The first kappa shape index (κ1) is 13.6. The fourth-order valence-corrected chi connectivity index (χ4v) is 2.29. The zero-order valence-electron chi connectivity index (χ0n) is 11.0. The van der Waals surface area contributed by atoms with Crippen LogP contribution in [-0.4, -0.2) is 6.86 Å². The summed E-state index contributed by atoms with van der Waals surface area (Å²) in [5.41, 5.74) is 10.0. The van der Waals surface area contributed by atoms with Crippen molar-refractivity contribution in [3.05, 3.63) is 54.1 Å². The standard InChI is InChI=1S/C14H14F2N4O/c15-9-21-12-8-4-7-11-13(12)20(16)18-19(11)14(17)10-5-2-1-3-6-10/h1-8,14,18H,9,17H2. The number of nitrogens with two attached hydrogens (primary N) is 1. The van der Waals surface area contributed by atoms with Crippen molar-refractivity contribution in [2.45, 2.75) is 6.17 Å². The molecule has 1 aliphatic heterocycles. The van der Waals surface area contributed by atoms with Crippen LogP contribution in [0, 0.1) is 0 Å². The summed E-state index contributed by atoms with van der Waals surface area (Å²) in [6.07, 6.45) is -0.605. The molecule has 1 atom stereocenters. The number of para-hydroxylation sites is 1. The van der Waals surface area contributed by atoms with Gasteiger partial charge in [-0.2, -0.15) is 0 Å². The number of anilines is 2. The van der Waals surface area contributed by atoms with Gasteiger partial charge >= 0.3 is 0 Å². The summed E-state index contributed by atoms with van der Waals surface area (Å²) in [4.78, 5) is 0. The molecule has 21 heavy (non-hydrogen) atoms. The molecule has 0 aromatic heterocycles. The molecule has 0 aliphatic carbocycles. The maximum atomic E-state index is 14.0. The van der Waals surface area contributed by atoms with Crippen LogP contribution in [0.25, 0.3) is 0 Å². The molecule has 0 radical (unpaired) electrons. The Balaban J connectivity index is 1.97. The van der Waals surface area contributed by atoms with Crippen LogP contribution in [0.1, 0.15) is 11.7 Å². The molecule has 110 valence electrons. The van der Waals surface area contributed by atoms with E-state index in [0.29, 0.717) is 5.69 Å². The lowest BCUT2D eigenvalue weighted by Crippen LogP contribution is -2.45. The van der Waals surface area contributed by atoms with Gasteiger partial charge in [0.15, 0.2) is 11.4 Å². The molecule has 0 fully saturated rings. The monoisotopic (exact) mass is 292 g/mol. The van der Waals surface area contributed by atoms with E-state index in [1.165, 1.54) is 11.1 Å². The van der Waals surface area contributed by atoms with E-state index in [1.807, 2.05) is 30.3 Å². The highest BCUT2D eigenvalue weighted by atomic mass is 19.2. The van der Waals surface area contributed by atoms with Crippen LogP contribution in [-0.2, 0) is 0 Å². The Morgan fingerprint density at radius 3 is 2.62 bits per heavy atom. The van der Waals surface area contributed by atoms with Gasteiger partial charge in [0.2, 0.25) is 6.86 Å². The molecule has 0 saturated carbocycles. The summed E-state index contributed by atoms with van der Waals surface area (Å²) in [5.74, 6) is 0.104. The number of fused-ring (bicyclic) bond motifs is 1. The van der Waals surface area contributed by atoms with Crippen molar-refractivity contribution in [3.63, 3.8) is 0 Å². The zero-order chi connectivity index (χ0) is 14.8. The van der Waals surface area contributed by atoms with Crippen molar-refractivity contribution in [2.24, 2.45) is 5.73 Å². The topological polar surface area (TPSA) is 53.8 Å². The minimum absolute atomic E-state index is 0.0986. The fraction of sp³-hybridized carbons (Fsp3) is 0.143. The quantitative estimate of drug-likeness (QED) is 0.848. The molecular formula is C14H14F2N4O. The Morgan fingerprint density at radius 2 is 1.90 bits per heavy atom. The number of hydrogen-bond donors (Lipinski definition) is 2. The highest BCUT2D eigenvalue weighted by molar-refractivity contribution is 5.79. The smallest absolute Gasteiger partial charge is 0.228 e. The van der Waals surface area contributed by atoms with E-state index in [0.717, 1.165) is 5.56 Å². The summed E-state index contributed by atoms with van der Waals surface area (Å²) >= 11 is 0. The highest BCUT2D eigenvalue weighted by Gasteiger charge is 2.33. The SMILES string of the molecule is NC(c1ccccc1)N1NN(F)c2c(OCF)cccc21. The second-order valence-corrected chi connectivity index (χ2v) is 4.48. The molecule has 1 unspecified atom stereocenters. The number of ether oxygens (including phenoxy) is 1. The molecule has 2 aromatic rings. The van der Waals surface area contributed by atoms with E-state index in [-0.39, 0.29) is 16.7 Å². The number of hydrogen-bond acceptors (Lipinski definition) is 5. The minimum Gasteiger partial charge on any atom is -0.461 e. The van der Waals surface area contributed by atoms with Gasteiger partial charge in [0.1, 0.15) is 6.17 Å². The number of benzene rings is 2. The molecule has 0 saturated heterocycles. The summed E-state index contributed by atoms with van der Waals surface area (Å²) in [6.45, 7) is -1.03. The third-order valence-electron chi connectivity index (χ3n) is 3.26. The molecule has 0 bridgehead atoms. The number of rotatable bonds is 4. The first-order valence-corrected chi connectivity index (χ1v) is 6.36. The van der Waals surface area contributed by atoms with Gasteiger partial charge < -0.3 is 10.5 Å². The van der Waals surface area contributed by atoms with Gasteiger partial charge in [-0.3, -0.25) is 5.01 Å². The van der Waals surface area contributed by atoms with Gasteiger partial charge in [0.05, 0.1) is 5.69 Å². The largest absolute Gasteiger partial charge is 0.461 e. The van der Waals surface area contributed by atoms with Crippen molar-refractivity contribution in [3.8, 4) is 5.75 Å². The molecule has 5 nitrogen and oxygen atoms in total. The van der Waals surface area contributed by atoms with Gasteiger partial charge in [-0.15, -0.1) is 10.8 Å². The summed E-state index contributed by atoms with van der Waals surface area (Å²) < 4.78 is 31.2. The summed E-state index contributed by atoms with van der Waals surface area (Å²) in [6, 6.07) is 14.1. The van der Waals surface area contributed by atoms with Gasteiger partial charge in [-0.05, 0) is 17.7 Å². The molecule has 3 rings (SSSR count). The Morgan fingerprint density at radius 1 is 1.14 bits per heavy atom.